The van der Waals surface area contributed by atoms with Gasteiger partial charge in [0.05, 0.1) is 12.7 Å². The van der Waals surface area contributed by atoms with E-state index in [-0.39, 0.29) is 6.10 Å². The van der Waals surface area contributed by atoms with Crippen molar-refractivity contribution >= 4 is 0 Å². The van der Waals surface area contributed by atoms with Crippen LogP contribution in [0.5, 0.6) is 5.75 Å². The van der Waals surface area contributed by atoms with Gasteiger partial charge in [-0.05, 0) is 24.8 Å². The normalized spacial score (nSPS) is 17.7. The van der Waals surface area contributed by atoms with E-state index in [0.29, 0.717) is 0 Å². The summed E-state index contributed by atoms with van der Waals surface area (Å²) in [5.74, 6) is 0.870. The molecule has 0 amide bonds. The van der Waals surface area contributed by atoms with Crippen LogP contribution in [0, 0.1) is 0 Å². The summed E-state index contributed by atoms with van der Waals surface area (Å²) in [6.45, 7) is 2.83. The fourth-order valence-corrected chi connectivity index (χ4v) is 2.54. The molecule has 0 spiro atoms. The third-order valence-corrected chi connectivity index (χ3v) is 3.51. The van der Waals surface area contributed by atoms with E-state index in [1.54, 1.807) is 7.11 Å². The largest absolute Gasteiger partial charge is 0.493 e. The van der Waals surface area contributed by atoms with Crippen molar-refractivity contribution < 1.29 is 14.6 Å². The van der Waals surface area contributed by atoms with Gasteiger partial charge in [0.25, 0.3) is 0 Å². The molecule has 1 aliphatic heterocycles. The van der Waals surface area contributed by atoms with E-state index < -0.39 is 6.10 Å². The highest BCUT2D eigenvalue weighted by molar-refractivity contribution is 5.44. The number of para-hydroxylation sites is 1. The molecule has 1 N–H and O–H groups in total. The summed E-state index contributed by atoms with van der Waals surface area (Å²) >= 11 is 0. The first kappa shape index (κ1) is 13.4. The van der Waals surface area contributed by atoms with Gasteiger partial charge in [0.1, 0.15) is 11.9 Å². The quantitative estimate of drug-likeness (QED) is 0.873. The first-order valence-corrected chi connectivity index (χ1v) is 6.73. The molecule has 1 heterocycles. The fourth-order valence-electron chi connectivity index (χ4n) is 2.54. The number of aliphatic hydroxyl groups is 1. The predicted molar refractivity (Wildman–Crippen MR) is 70.9 cm³/mol. The van der Waals surface area contributed by atoms with Crippen LogP contribution in [0.15, 0.2) is 18.2 Å². The summed E-state index contributed by atoms with van der Waals surface area (Å²) in [5, 5.41) is 10.5. The molecule has 0 bridgehead atoms. The van der Waals surface area contributed by atoms with E-state index in [2.05, 4.69) is 13.0 Å². The zero-order valence-corrected chi connectivity index (χ0v) is 11.2. The van der Waals surface area contributed by atoms with Gasteiger partial charge in [0, 0.05) is 12.7 Å². The molecule has 1 aromatic carbocycles. The summed E-state index contributed by atoms with van der Waals surface area (Å²) < 4.78 is 11.1. The molecule has 3 heteroatoms. The van der Waals surface area contributed by atoms with Crippen LogP contribution in [-0.2, 0) is 11.2 Å². The molecule has 0 aromatic heterocycles. The zero-order valence-electron chi connectivity index (χ0n) is 11.2. The second-order valence-electron chi connectivity index (χ2n) is 4.80. The molecule has 0 saturated heterocycles. The van der Waals surface area contributed by atoms with Crippen LogP contribution in [0.4, 0.5) is 0 Å². The highest BCUT2D eigenvalue weighted by Gasteiger charge is 2.25. The lowest BCUT2D eigenvalue weighted by molar-refractivity contribution is -0.0193. The van der Waals surface area contributed by atoms with Gasteiger partial charge in [-0.25, -0.2) is 0 Å². The molecule has 2 unspecified atom stereocenters. The first-order valence-electron chi connectivity index (χ1n) is 6.73. The van der Waals surface area contributed by atoms with Crippen LogP contribution in [0.1, 0.15) is 43.4 Å². The maximum absolute atomic E-state index is 10.5. The minimum Gasteiger partial charge on any atom is -0.493 e. The summed E-state index contributed by atoms with van der Waals surface area (Å²) in [6, 6.07) is 6.01. The third kappa shape index (κ3) is 2.68. The summed E-state index contributed by atoms with van der Waals surface area (Å²) in [5.41, 5.74) is 2.07. The Morgan fingerprint density at radius 1 is 1.44 bits per heavy atom. The molecule has 0 aliphatic carbocycles. The topological polar surface area (TPSA) is 38.7 Å². The lowest BCUT2D eigenvalue weighted by atomic mass is 9.95. The summed E-state index contributed by atoms with van der Waals surface area (Å²) in [6.07, 6.45) is 3.15. The summed E-state index contributed by atoms with van der Waals surface area (Å²) in [4.78, 5) is 0. The van der Waals surface area contributed by atoms with Crippen LogP contribution >= 0.6 is 0 Å². The SMILES string of the molecule is CCCC(OC)C(O)c1cccc2c1OCCC2. The van der Waals surface area contributed by atoms with E-state index in [1.165, 1.54) is 5.56 Å². The number of hydrogen-bond donors (Lipinski definition) is 1. The van der Waals surface area contributed by atoms with Crippen molar-refractivity contribution in [3.63, 3.8) is 0 Å². The van der Waals surface area contributed by atoms with Crippen LogP contribution in [-0.4, -0.2) is 24.9 Å². The summed E-state index contributed by atoms with van der Waals surface area (Å²) in [7, 11) is 1.65. The molecule has 18 heavy (non-hydrogen) atoms. The van der Waals surface area contributed by atoms with Crippen LogP contribution in [0.3, 0.4) is 0 Å². The standard InChI is InChI=1S/C15H22O3/c1-3-6-13(17-2)14(16)12-9-4-7-11-8-5-10-18-15(11)12/h4,7,9,13-14,16H,3,5-6,8,10H2,1-2H3. The van der Waals surface area contributed by atoms with Crippen molar-refractivity contribution in [3.05, 3.63) is 29.3 Å². The Kier molecular flexibility index (Phi) is 4.61. The second-order valence-corrected chi connectivity index (χ2v) is 4.80. The molecule has 2 rings (SSSR count). The van der Waals surface area contributed by atoms with Gasteiger partial charge in [0.15, 0.2) is 0 Å². The lowest BCUT2D eigenvalue weighted by Gasteiger charge is -2.26. The average Bonchev–Trinajstić information content (AvgIpc) is 2.43. The van der Waals surface area contributed by atoms with E-state index in [9.17, 15) is 5.11 Å². The molecule has 100 valence electrons. The number of ether oxygens (including phenoxy) is 2. The van der Waals surface area contributed by atoms with Crippen molar-refractivity contribution in [1.82, 2.24) is 0 Å². The number of aryl methyl sites for hydroxylation is 1. The molecular formula is C15H22O3. The van der Waals surface area contributed by atoms with Crippen molar-refractivity contribution in [2.24, 2.45) is 0 Å². The molecule has 0 radical (unpaired) electrons. The molecule has 1 aliphatic rings. The smallest absolute Gasteiger partial charge is 0.128 e. The van der Waals surface area contributed by atoms with Crippen molar-refractivity contribution in [1.29, 1.82) is 0 Å². The van der Waals surface area contributed by atoms with E-state index >= 15 is 0 Å². The molecule has 0 fully saturated rings. The van der Waals surface area contributed by atoms with Crippen LogP contribution in [0.2, 0.25) is 0 Å². The fraction of sp³-hybridized carbons (Fsp3) is 0.600. The minimum absolute atomic E-state index is 0.160. The van der Waals surface area contributed by atoms with Gasteiger partial charge in [-0.2, -0.15) is 0 Å². The van der Waals surface area contributed by atoms with Gasteiger partial charge in [-0.1, -0.05) is 31.5 Å². The Hall–Kier alpha value is -1.06. The zero-order chi connectivity index (χ0) is 13.0. The van der Waals surface area contributed by atoms with Crippen molar-refractivity contribution in [2.75, 3.05) is 13.7 Å². The Morgan fingerprint density at radius 3 is 3.00 bits per heavy atom. The van der Waals surface area contributed by atoms with Gasteiger partial charge < -0.3 is 14.6 Å². The number of hydrogen-bond acceptors (Lipinski definition) is 3. The monoisotopic (exact) mass is 250 g/mol. The maximum Gasteiger partial charge on any atom is 0.128 e. The highest BCUT2D eigenvalue weighted by atomic mass is 16.5. The van der Waals surface area contributed by atoms with E-state index in [0.717, 1.165) is 43.6 Å². The highest BCUT2D eigenvalue weighted by Crippen LogP contribution is 2.35. The third-order valence-electron chi connectivity index (χ3n) is 3.51. The molecule has 0 saturated carbocycles. The number of rotatable bonds is 5. The molecular weight excluding hydrogens is 228 g/mol. The van der Waals surface area contributed by atoms with E-state index in [4.69, 9.17) is 9.47 Å². The Morgan fingerprint density at radius 2 is 2.28 bits per heavy atom. The minimum atomic E-state index is -0.608. The van der Waals surface area contributed by atoms with Crippen molar-refractivity contribution in [2.45, 2.75) is 44.8 Å². The number of methoxy groups -OCH3 is 1. The predicted octanol–water partition coefficient (Wildman–Crippen LogP) is 2.86. The van der Waals surface area contributed by atoms with Crippen LogP contribution < -0.4 is 4.74 Å². The maximum atomic E-state index is 10.5. The number of aliphatic hydroxyl groups excluding tert-OH is 1. The Labute approximate surface area is 109 Å². The molecule has 2 atom stereocenters. The number of benzene rings is 1. The average molecular weight is 250 g/mol. The van der Waals surface area contributed by atoms with Crippen molar-refractivity contribution in [3.8, 4) is 5.75 Å². The van der Waals surface area contributed by atoms with Gasteiger partial charge in [-0.15, -0.1) is 0 Å². The lowest BCUT2D eigenvalue weighted by Crippen LogP contribution is -2.22. The first-order chi connectivity index (χ1) is 8.77. The van der Waals surface area contributed by atoms with Crippen LogP contribution in [0.25, 0.3) is 0 Å². The van der Waals surface area contributed by atoms with Gasteiger partial charge >= 0.3 is 0 Å². The van der Waals surface area contributed by atoms with Gasteiger partial charge in [-0.3, -0.25) is 0 Å². The van der Waals surface area contributed by atoms with Gasteiger partial charge in [0.2, 0.25) is 0 Å². The number of fused-ring (bicyclic) bond motifs is 1. The second kappa shape index (κ2) is 6.21. The molecule has 3 nitrogen and oxygen atoms in total. The van der Waals surface area contributed by atoms with E-state index in [1.807, 2.05) is 12.1 Å². The Bertz CT molecular complexity index is 389. The Balaban J connectivity index is 2.26. The molecule has 1 aromatic rings.